The first-order valence-electron chi connectivity index (χ1n) is 5.35. The van der Waals surface area contributed by atoms with E-state index in [-0.39, 0.29) is 11.3 Å². The molecule has 80 valence electrons. The first-order valence-corrected chi connectivity index (χ1v) is 5.35. The van der Waals surface area contributed by atoms with Gasteiger partial charge in [-0.25, -0.2) is 4.79 Å². The fourth-order valence-electron chi connectivity index (χ4n) is 3.43. The standard InChI is InChI=1S/C11H18O3/c1-11(2)6-3-4-7(8(11)5-6)9(12)10(13)14/h6-9,12H,3-5H2,1-2H3,(H,13,14). The molecule has 0 radical (unpaired) electrons. The Bertz CT molecular complexity index is 257. The monoisotopic (exact) mass is 198 g/mol. The van der Waals surface area contributed by atoms with Crippen molar-refractivity contribution in [1.29, 1.82) is 0 Å². The van der Waals surface area contributed by atoms with Gasteiger partial charge in [0.25, 0.3) is 0 Å². The summed E-state index contributed by atoms with van der Waals surface area (Å²) in [6.07, 6.45) is 1.92. The number of aliphatic hydroxyl groups is 1. The van der Waals surface area contributed by atoms with Crippen LogP contribution >= 0.6 is 0 Å². The highest BCUT2D eigenvalue weighted by atomic mass is 16.4. The van der Waals surface area contributed by atoms with E-state index in [0.717, 1.165) is 25.2 Å². The Morgan fingerprint density at radius 2 is 2.07 bits per heavy atom. The van der Waals surface area contributed by atoms with Gasteiger partial charge in [0.1, 0.15) is 0 Å². The molecule has 2 bridgehead atoms. The SMILES string of the molecule is CC1(C)C2CCC(C(O)C(=O)O)C1C2. The van der Waals surface area contributed by atoms with Crippen molar-refractivity contribution in [3.8, 4) is 0 Å². The van der Waals surface area contributed by atoms with E-state index in [1.165, 1.54) is 0 Å². The molecule has 3 aliphatic carbocycles. The molecule has 0 aliphatic heterocycles. The average molecular weight is 198 g/mol. The van der Waals surface area contributed by atoms with E-state index in [1.54, 1.807) is 0 Å². The van der Waals surface area contributed by atoms with Crippen molar-refractivity contribution >= 4 is 5.97 Å². The molecule has 0 spiro atoms. The molecule has 0 aromatic heterocycles. The lowest BCUT2D eigenvalue weighted by Crippen LogP contribution is -2.56. The van der Waals surface area contributed by atoms with E-state index in [4.69, 9.17) is 5.11 Å². The smallest absolute Gasteiger partial charge is 0.332 e. The molecule has 0 aromatic rings. The molecule has 3 saturated carbocycles. The van der Waals surface area contributed by atoms with Gasteiger partial charge in [-0.1, -0.05) is 13.8 Å². The van der Waals surface area contributed by atoms with Crippen LogP contribution in [0.1, 0.15) is 33.1 Å². The second-order valence-corrected chi connectivity index (χ2v) is 5.38. The summed E-state index contributed by atoms with van der Waals surface area (Å²) in [4.78, 5) is 10.7. The van der Waals surface area contributed by atoms with E-state index in [9.17, 15) is 9.90 Å². The predicted octanol–water partition coefficient (Wildman–Crippen LogP) is 1.50. The molecule has 0 amide bonds. The molecule has 0 saturated heterocycles. The third kappa shape index (κ3) is 1.18. The van der Waals surface area contributed by atoms with E-state index in [1.807, 2.05) is 0 Å². The van der Waals surface area contributed by atoms with E-state index < -0.39 is 12.1 Å². The highest BCUT2D eigenvalue weighted by molar-refractivity contribution is 5.72. The van der Waals surface area contributed by atoms with Gasteiger partial charge >= 0.3 is 5.97 Å². The van der Waals surface area contributed by atoms with E-state index in [2.05, 4.69) is 13.8 Å². The van der Waals surface area contributed by atoms with Crippen LogP contribution in [0.15, 0.2) is 0 Å². The minimum Gasteiger partial charge on any atom is -0.479 e. The Labute approximate surface area is 84.1 Å². The van der Waals surface area contributed by atoms with Gasteiger partial charge in [-0.05, 0) is 42.4 Å². The second-order valence-electron chi connectivity index (χ2n) is 5.38. The second kappa shape index (κ2) is 2.96. The zero-order chi connectivity index (χ0) is 10.5. The molecule has 4 atom stereocenters. The van der Waals surface area contributed by atoms with Crippen molar-refractivity contribution in [1.82, 2.24) is 0 Å². The summed E-state index contributed by atoms with van der Waals surface area (Å²) in [6, 6.07) is 0. The van der Waals surface area contributed by atoms with Crippen LogP contribution in [0, 0.1) is 23.2 Å². The lowest BCUT2D eigenvalue weighted by atomic mass is 9.45. The Balaban J connectivity index is 2.11. The fourth-order valence-corrected chi connectivity index (χ4v) is 3.43. The first-order chi connectivity index (χ1) is 6.44. The quantitative estimate of drug-likeness (QED) is 0.707. The average Bonchev–Trinajstić information content (AvgIpc) is 2.16. The summed E-state index contributed by atoms with van der Waals surface area (Å²) in [6.45, 7) is 4.40. The largest absolute Gasteiger partial charge is 0.479 e. The molecular weight excluding hydrogens is 180 g/mol. The first kappa shape index (κ1) is 9.97. The highest BCUT2D eigenvalue weighted by Crippen LogP contribution is 2.61. The molecule has 3 nitrogen and oxygen atoms in total. The van der Waals surface area contributed by atoms with Gasteiger partial charge in [0.2, 0.25) is 0 Å². The van der Waals surface area contributed by atoms with Gasteiger partial charge < -0.3 is 10.2 Å². The topological polar surface area (TPSA) is 57.5 Å². The van der Waals surface area contributed by atoms with Crippen LogP contribution in [0.25, 0.3) is 0 Å². The number of hydrogen-bond donors (Lipinski definition) is 2. The van der Waals surface area contributed by atoms with E-state index in [0.29, 0.717) is 5.92 Å². The van der Waals surface area contributed by atoms with E-state index >= 15 is 0 Å². The normalized spacial score (nSPS) is 41.2. The molecule has 3 fully saturated rings. The molecule has 14 heavy (non-hydrogen) atoms. The number of carboxylic acids is 1. The predicted molar refractivity (Wildman–Crippen MR) is 51.7 cm³/mol. The zero-order valence-electron chi connectivity index (χ0n) is 8.73. The summed E-state index contributed by atoms with van der Waals surface area (Å²) in [5.41, 5.74) is 0.249. The number of aliphatic carboxylic acids is 1. The number of rotatable bonds is 2. The number of aliphatic hydroxyl groups excluding tert-OH is 1. The van der Waals surface area contributed by atoms with Crippen LogP contribution in [-0.2, 0) is 4.79 Å². The van der Waals surface area contributed by atoms with Gasteiger partial charge in [-0.15, -0.1) is 0 Å². The minimum absolute atomic E-state index is 0.0208. The number of carbonyl (C=O) groups is 1. The Hall–Kier alpha value is -0.570. The van der Waals surface area contributed by atoms with Crippen LogP contribution in [0.2, 0.25) is 0 Å². The molecule has 3 rings (SSSR count). The number of hydrogen-bond acceptors (Lipinski definition) is 2. The number of carboxylic acid groups (broad SMARTS) is 1. The summed E-state index contributed by atoms with van der Waals surface area (Å²) < 4.78 is 0. The molecule has 4 unspecified atom stereocenters. The van der Waals surface area contributed by atoms with Gasteiger partial charge in [-0.3, -0.25) is 0 Å². The van der Waals surface area contributed by atoms with Crippen molar-refractivity contribution in [2.75, 3.05) is 0 Å². The summed E-state index contributed by atoms with van der Waals surface area (Å²) in [5, 5.41) is 18.4. The summed E-state index contributed by atoms with van der Waals surface area (Å²) in [7, 11) is 0. The maximum Gasteiger partial charge on any atom is 0.332 e. The van der Waals surface area contributed by atoms with Crippen molar-refractivity contribution in [2.45, 2.75) is 39.2 Å². The molecule has 3 heteroatoms. The van der Waals surface area contributed by atoms with Gasteiger partial charge in [-0.2, -0.15) is 0 Å². The number of fused-ring (bicyclic) bond motifs is 2. The molecular formula is C11H18O3. The minimum atomic E-state index is -1.15. The molecule has 2 N–H and O–H groups in total. The summed E-state index contributed by atoms with van der Waals surface area (Å²) >= 11 is 0. The molecule has 0 aromatic carbocycles. The zero-order valence-corrected chi connectivity index (χ0v) is 8.73. The van der Waals surface area contributed by atoms with Crippen molar-refractivity contribution in [2.24, 2.45) is 23.2 Å². The fraction of sp³-hybridized carbons (Fsp3) is 0.909. The maximum absolute atomic E-state index is 10.7. The van der Waals surface area contributed by atoms with Crippen LogP contribution in [-0.4, -0.2) is 22.3 Å². The third-order valence-electron chi connectivity index (χ3n) is 4.57. The van der Waals surface area contributed by atoms with Crippen LogP contribution in [0.5, 0.6) is 0 Å². The van der Waals surface area contributed by atoms with Crippen LogP contribution < -0.4 is 0 Å². The van der Waals surface area contributed by atoms with Crippen molar-refractivity contribution < 1.29 is 15.0 Å². The van der Waals surface area contributed by atoms with Crippen LogP contribution in [0.3, 0.4) is 0 Å². The van der Waals surface area contributed by atoms with Crippen LogP contribution in [0.4, 0.5) is 0 Å². The van der Waals surface area contributed by atoms with Crippen molar-refractivity contribution in [3.05, 3.63) is 0 Å². The molecule has 0 heterocycles. The third-order valence-corrected chi connectivity index (χ3v) is 4.57. The Morgan fingerprint density at radius 3 is 2.50 bits per heavy atom. The van der Waals surface area contributed by atoms with Crippen molar-refractivity contribution in [3.63, 3.8) is 0 Å². The van der Waals surface area contributed by atoms with Gasteiger partial charge in [0, 0.05) is 0 Å². The maximum atomic E-state index is 10.7. The lowest BCUT2D eigenvalue weighted by molar-refractivity contribution is -0.169. The highest BCUT2D eigenvalue weighted by Gasteiger charge is 2.56. The Kier molecular flexibility index (Phi) is 2.11. The Morgan fingerprint density at radius 1 is 1.43 bits per heavy atom. The lowest BCUT2D eigenvalue weighted by Gasteiger charge is -2.60. The summed E-state index contributed by atoms with van der Waals surface area (Å²) in [5.74, 6) is 0.0840. The van der Waals surface area contributed by atoms with Gasteiger partial charge in [0.15, 0.2) is 6.10 Å². The molecule has 3 aliphatic rings. The van der Waals surface area contributed by atoms with Gasteiger partial charge in [0.05, 0.1) is 0 Å².